The van der Waals surface area contributed by atoms with Crippen molar-refractivity contribution < 1.29 is 9.21 Å². The number of amides is 2. The number of para-hydroxylation sites is 2. The van der Waals surface area contributed by atoms with Crippen LogP contribution in [0.15, 0.2) is 47.0 Å². The van der Waals surface area contributed by atoms with Crippen LogP contribution in [0.5, 0.6) is 0 Å². The quantitative estimate of drug-likeness (QED) is 0.762. The summed E-state index contributed by atoms with van der Waals surface area (Å²) in [6.45, 7) is 2.48. The van der Waals surface area contributed by atoms with Gasteiger partial charge in [0.05, 0.1) is 5.02 Å². The van der Waals surface area contributed by atoms with Crippen LogP contribution < -0.4 is 10.2 Å². The van der Waals surface area contributed by atoms with Crippen molar-refractivity contribution in [1.29, 1.82) is 0 Å². The first-order valence-corrected chi connectivity index (χ1v) is 8.35. The van der Waals surface area contributed by atoms with E-state index in [2.05, 4.69) is 15.3 Å². The van der Waals surface area contributed by atoms with E-state index in [1.165, 1.54) is 6.20 Å². The van der Waals surface area contributed by atoms with Gasteiger partial charge in [0, 0.05) is 32.4 Å². The second-order valence-corrected chi connectivity index (χ2v) is 6.17. The maximum absolute atomic E-state index is 12.3. The molecule has 1 aliphatic heterocycles. The highest BCUT2D eigenvalue weighted by atomic mass is 35.5. The Kier molecular flexibility index (Phi) is 4.15. The molecular formula is C17H16ClN5O2. The van der Waals surface area contributed by atoms with Crippen molar-refractivity contribution in [1.82, 2.24) is 14.9 Å². The lowest BCUT2D eigenvalue weighted by atomic mass is 10.3. The Morgan fingerprint density at radius 3 is 2.64 bits per heavy atom. The fourth-order valence-corrected chi connectivity index (χ4v) is 2.85. The van der Waals surface area contributed by atoms with Crippen molar-refractivity contribution in [2.75, 3.05) is 36.4 Å². The third-order valence-corrected chi connectivity index (χ3v) is 4.31. The number of rotatable bonds is 2. The molecule has 25 heavy (non-hydrogen) atoms. The van der Waals surface area contributed by atoms with E-state index in [0.717, 1.165) is 11.1 Å². The number of piperazine rings is 1. The monoisotopic (exact) mass is 357 g/mol. The Morgan fingerprint density at radius 2 is 1.92 bits per heavy atom. The third kappa shape index (κ3) is 3.36. The first-order chi connectivity index (χ1) is 12.2. The van der Waals surface area contributed by atoms with Crippen LogP contribution in [0.25, 0.3) is 11.1 Å². The molecule has 1 aromatic carbocycles. The van der Waals surface area contributed by atoms with E-state index >= 15 is 0 Å². The van der Waals surface area contributed by atoms with Crippen molar-refractivity contribution in [3.05, 3.63) is 47.6 Å². The van der Waals surface area contributed by atoms with E-state index in [-0.39, 0.29) is 6.03 Å². The third-order valence-electron chi connectivity index (χ3n) is 4.08. The molecule has 1 fully saturated rings. The van der Waals surface area contributed by atoms with E-state index in [0.29, 0.717) is 43.0 Å². The highest BCUT2D eigenvalue weighted by Gasteiger charge is 2.24. The normalized spacial score (nSPS) is 14.8. The molecule has 0 radical (unpaired) electrons. The van der Waals surface area contributed by atoms with Crippen molar-refractivity contribution in [2.45, 2.75) is 0 Å². The minimum Gasteiger partial charge on any atom is -0.423 e. The van der Waals surface area contributed by atoms with E-state index in [4.69, 9.17) is 16.0 Å². The molecule has 0 saturated carbocycles. The molecule has 4 rings (SSSR count). The molecule has 2 amide bonds. The number of hydrogen-bond acceptors (Lipinski definition) is 5. The van der Waals surface area contributed by atoms with Crippen molar-refractivity contribution >= 4 is 40.6 Å². The van der Waals surface area contributed by atoms with Gasteiger partial charge in [-0.15, -0.1) is 0 Å². The largest absolute Gasteiger partial charge is 0.423 e. The van der Waals surface area contributed by atoms with Crippen LogP contribution in [0.3, 0.4) is 0 Å². The lowest BCUT2D eigenvalue weighted by Crippen LogP contribution is -2.50. The molecule has 0 atom stereocenters. The zero-order chi connectivity index (χ0) is 17.2. The van der Waals surface area contributed by atoms with Crippen LogP contribution >= 0.6 is 11.6 Å². The Balaban J connectivity index is 1.37. The predicted molar refractivity (Wildman–Crippen MR) is 96.1 cm³/mol. The standard InChI is InChI=1S/C17H16ClN5O2/c18-12-5-6-15(19-11-12)21-16(24)22-7-9-23(10-8-22)17-20-13-3-1-2-4-14(13)25-17/h1-6,11H,7-10H2,(H,19,21,24). The number of oxazole rings is 1. The van der Waals surface area contributed by atoms with Crippen LogP contribution in [0.4, 0.5) is 16.6 Å². The number of nitrogens with zero attached hydrogens (tertiary/aromatic N) is 4. The number of aromatic nitrogens is 2. The van der Waals surface area contributed by atoms with Gasteiger partial charge in [-0.2, -0.15) is 4.98 Å². The van der Waals surface area contributed by atoms with Crippen LogP contribution in [0.2, 0.25) is 5.02 Å². The molecule has 3 heterocycles. The Morgan fingerprint density at radius 1 is 1.12 bits per heavy atom. The molecule has 3 aromatic rings. The van der Waals surface area contributed by atoms with E-state index in [9.17, 15) is 4.79 Å². The summed E-state index contributed by atoms with van der Waals surface area (Å²) in [4.78, 5) is 24.7. The zero-order valence-corrected chi connectivity index (χ0v) is 14.1. The van der Waals surface area contributed by atoms with Gasteiger partial charge in [-0.3, -0.25) is 5.32 Å². The molecule has 0 unspecified atom stereocenters. The second kappa shape index (κ2) is 6.60. The van der Waals surface area contributed by atoms with Crippen molar-refractivity contribution in [3.8, 4) is 0 Å². The van der Waals surface area contributed by atoms with Gasteiger partial charge in [0.2, 0.25) is 0 Å². The van der Waals surface area contributed by atoms with Crippen LogP contribution in [-0.2, 0) is 0 Å². The molecule has 8 heteroatoms. The molecule has 1 aliphatic rings. The fraction of sp³-hybridized carbons (Fsp3) is 0.235. The number of urea groups is 1. The Labute approximate surface area is 149 Å². The number of carbonyl (C=O) groups is 1. The molecule has 1 saturated heterocycles. The maximum Gasteiger partial charge on any atom is 0.323 e. The molecule has 2 aromatic heterocycles. The topological polar surface area (TPSA) is 74.5 Å². The van der Waals surface area contributed by atoms with Gasteiger partial charge in [-0.05, 0) is 24.3 Å². The number of carbonyl (C=O) groups excluding carboxylic acids is 1. The Bertz CT molecular complexity index is 854. The highest BCUT2D eigenvalue weighted by Crippen LogP contribution is 2.22. The predicted octanol–water partition coefficient (Wildman–Crippen LogP) is 3.23. The number of fused-ring (bicyclic) bond motifs is 1. The van der Waals surface area contributed by atoms with Gasteiger partial charge in [-0.25, -0.2) is 9.78 Å². The summed E-state index contributed by atoms with van der Waals surface area (Å²) in [6.07, 6.45) is 1.50. The first-order valence-electron chi connectivity index (χ1n) is 7.97. The van der Waals surface area contributed by atoms with Gasteiger partial charge < -0.3 is 14.2 Å². The van der Waals surface area contributed by atoms with Crippen molar-refractivity contribution in [3.63, 3.8) is 0 Å². The molecular weight excluding hydrogens is 342 g/mol. The molecule has 0 aliphatic carbocycles. The first kappa shape index (κ1) is 15.7. The molecule has 1 N–H and O–H groups in total. The van der Waals surface area contributed by atoms with Gasteiger partial charge >= 0.3 is 6.03 Å². The fourth-order valence-electron chi connectivity index (χ4n) is 2.73. The number of benzene rings is 1. The SMILES string of the molecule is O=C(Nc1ccc(Cl)cn1)N1CCN(c2nc3ccccc3o2)CC1. The summed E-state index contributed by atoms with van der Waals surface area (Å²) < 4.78 is 5.78. The van der Waals surface area contributed by atoms with Gasteiger partial charge in [0.25, 0.3) is 6.01 Å². The lowest BCUT2D eigenvalue weighted by Gasteiger charge is -2.33. The van der Waals surface area contributed by atoms with Crippen LogP contribution in [0.1, 0.15) is 0 Å². The lowest BCUT2D eigenvalue weighted by molar-refractivity contribution is 0.207. The second-order valence-electron chi connectivity index (χ2n) is 5.73. The molecule has 0 bridgehead atoms. The molecule has 0 spiro atoms. The average molecular weight is 358 g/mol. The summed E-state index contributed by atoms with van der Waals surface area (Å²) in [5.74, 6) is 0.482. The minimum absolute atomic E-state index is 0.174. The van der Waals surface area contributed by atoms with E-state index in [1.807, 2.05) is 29.2 Å². The van der Waals surface area contributed by atoms with Gasteiger partial charge in [0.1, 0.15) is 11.3 Å². The molecule has 7 nitrogen and oxygen atoms in total. The van der Waals surface area contributed by atoms with Gasteiger partial charge in [-0.1, -0.05) is 23.7 Å². The summed E-state index contributed by atoms with van der Waals surface area (Å²) in [5.41, 5.74) is 1.61. The van der Waals surface area contributed by atoms with E-state index in [1.54, 1.807) is 17.0 Å². The summed E-state index contributed by atoms with van der Waals surface area (Å²) >= 11 is 5.79. The van der Waals surface area contributed by atoms with E-state index < -0.39 is 0 Å². The van der Waals surface area contributed by atoms with Crippen molar-refractivity contribution in [2.24, 2.45) is 0 Å². The zero-order valence-electron chi connectivity index (χ0n) is 13.4. The summed E-state index contributed by atoms with van der Waals surface area (Å²) in [6, 6.07) is 11.5. The van der Waals surface area contributed by atoms with Gasteiger partial charge in [0.15, 0.2) is 5.58 Å². The molecule has 128 valence electrons. The highest BCUT2D eigenvalue weighted by molar-refractivity contribution is 6.30. The summed E-state index contributed by atoms with van der Waals surface area (Å²) in [7, 11) is 0. The number of pyridine rings is 1. The number of hydrogen-bond donors (Lipinski definition) is 1. The maximum atomic E-state index is 12.3. The minimum atomic E-state index is -0.174. The Hall–Kier alpha value is -2.80. The average Bonchev–Trinajstić information content (AvgIpc) is 3.08. The smallest absolute Gasteiger partial charge is 0.323 e. The number of anilines is 2. The van der Waals surface area contributed by atoms with Crippen LogP contribution in [0, 0.1) is 0 Å². The number of halogens is 1. The number of nitrogens with one attached hydrogen (secondary N) is 1. The summed E-state index contributed by atoms with van der Waals surface area (Å²) in [5, 5.41) is 3.31. The van der Waals surface area contributed by atoms with Crippen LogP contribution in [-0.4, -0.2) is 47.1 Å².